The molecule has 0 heterocycles. The van der Waals surface area contributed by atoms with Crippen LogP contribution in [-0.4, -0.2) is 33.3 Å². The predicted molar refractivity (Wildman–Crippen MR) is 113 cm³/mol. The molecular weight excluding hydrogens is 390 g/mol. The number of nitrogens with one attached hydrogen (secondary N) is 3. The fourth-order valence-corrected chi connectivity index (χ4v) is 3.65. The minimum atomic E-state index is -3.67. The van der Waals surface area contributed by atoms with Crippen LogP contribution in [0.15, 0.2) is 47.4 Å². The zero-order valence-corrected chi connectivity index (χ0v) is 17.7. The summed E-state index contributed by atoms with van der Waals surface area (Å²) in [5, 5.41) is 5.47. The van der Waals surface area contributed by atoms with Crippen LogP contribution in [-0.2, 0) is 14.8 Å². The van der Waals surface area contributed by atoms with Gasteiger partial charge >= 0.3 is 0 Å². The molecule has 0 saturated heterocycles. The van der Waals surface area contributed by atoms with E-state index in [0.29, 0.717) is 17.8 Å². The molecular formula is C21H27N3O4S. The van der Waals surface area contributed by atoms with E-state index in [4.69, 9.17) is 0 Å². The predicted octanol–water partition coefficient (Wildman–Crippen LogP) is 2.75. The lowest BCUT2D eigenvalue weighted by atomic mass is 10.1. The van der Waals surface area contributed by atoms with E-state index in [1.807, 2.05) is 20.8 Å². The molecule has 0 unspecified atom stereocenters. The molecule has 2 aromatic rings. The van der Waals surface area contributed by atoms with Crippen LogP contribution in [0.4, 0.5) is 5.69 Å². The van der Waals surface area contributed by atoms with E-state index in [1.54, 1.807) is 42.5 Å². The monoisotopic (exact) mass is 417 g/mol. The summed E-state index contributed by atoms with van der Waals surface area (Å²) in [6, 6.07) is 11.4. The second-order valence-electron chi connectivity index (χ2n) is 6.78. The third kappa shape index (κ3) is 6.69. The van der Waals surface area contributed by atoms with E-state index in [1.165, 1.54) is 0 Å². The number of anilines is 1. The highest BCUT2D eigenvalue weighted by atomic mass is 32.2. The van der Waals surface area contributed by atoms with Crippen molar-refractivity contribution in [3.8, 4) is 0 Å². The van der Waals surface area contributed by atoms with Gasteiger partial charge in [-0.1, -0.05) is 13.0 Å². The summed E-state index contributed by atoms with van der Waals surface area (Å²) in [5.74, 6) is -0.485. The average Bonchev–Trinajstić information content (AvgIpc) is 2.68. The zero-order valence-electron chi connectivity index (χ0n) is 16.9. The SMILES string of the molecule is CCCNC(=O)c1ccc(NC(=O)CCNS(=O)(=O)c2ccc(C)c(C)c2)cc1. The zero-order chi connectivity index (χ0) is 21.4. The first-order valence-electron chi connectivity index (χ1n) is 9.48. The van der Waals surface area contributed by atoms with Gasteiger partial charge in [0.15, 0.2) is 0 Å². The van der Waals surface area contributed by atoms with Crippen molar-refractivity contribution in [2.24, 2.45) is 0 Å². The second kappa shape index (κ2) is 10.2. The number of benzene rings is 2. The van der Waals surface area contributed by atoms with Gasteiger partial charge < -0.3 is 10.6 Å². The lowest BCUT2D eigenvalue weighted by molar-refractivity contribution is -0.116. The third-order valence-electron chi connectivity index (χ3n) is 4.40. The minimum Gasteiger partial charge on any atom is -0.352 e. The molecule has 29 heavy (non-hydrogen) atoms. The van der Waals surface area contributed by atoms with Gasteiger partial charge in [0.1, 0.15) is 0 Å². The van der Waals surface area contributed by atoms with Crippen LogP contribution < -0.4 is 15.4 Å². The highest BCUT2D eigenvalue weighted by molar-refractivity contribution is 7.89. The van der Waals surface area contributed by atoms with Gasteiger partial charge in [-0.05, 0) is 67.8 Å². The average molecular weight is 418 g/mol. The van der Waals surface area contributed by atoms with Crippen LogP contribution in [0.1, 0.15) is 41.3 Å². The maximum absolute atomic E-state index is 12.3. The molecule has 156 valence electrons. The van der Waals surface area contributed by atoms with Crippen LogP contribution in [0.3, 0.4) is 0 Å². The molecule has 0 aliphatic heterocycles. The van der Waals surface area contributed by atoms with Gasteiger partial charge in [-0.15, -0.1) is 0 Å². The van der Waals surface area contributed by atoms with Gasteiger partial charge in [0.05, 0.1) is 4.90 Å². The van der Waals surface area contributed by atoms with E-state index in [-0.39, 0.29) is 29.7 Å². The van der Waals surface area contributed by atoms with Crippen molar-refractivity contribution in [2.45, 2.75) is 38.5 Å². The Hall–Kier alpha value is -2.71. The summed E-state index contributed by atoms with van der Waals surface area (Å²) < 4.78 is 27.1. The summed E-state index contributed by atoms with van der Waals surface area (Å²) in [6.07, 6.45) is 0.843. The van der Waals surface area contributed by atoms with E-state index in [0.717, 1.165) is 17.5 Å². The smallest absolute Gasteiger partial charge is 0.251 e. The molecule has 8 heteroatoms. The van der Waals surface area contributed by atoms with E-state index >= 15 is 0 Å². The van der Waals surface area contributed by atoms with Crippen molar-refractivity contribution in [3.63, 3.8) is 0 Å². The van der Waals surface area contributed by atoms with Crippen LogP contribution in [0, 0.1) is 13.8 Å². The Morgan fingerprint density at radius 3 is 2.24 bits per heavy atom. The van der Waals surface area contributed by atoms with E-state index < -0.39 is 10.0 Å². The number of amides is 2. The highest BCUT2D eigenvalue weighted by Gasteiger charge is 2.15. The van der Waals surface area contributed by atoms with Gasteiger partial charge in [-0.2, -0.15) is 0 Å². The first-order chi connectivity index (χ1) is 13.7. The Bertz CT molecular complexity index is 970. The summed E-state index contributed by atoms with van der Waals surface area (Å²) in [4.78, 5) is 24.1. The molecule has 3 N–H and O–H groups in total. The molecule has 0 aromatic heterocycles. The lowest BCUT2D eigenvalue weighted by Crippen LogP contribution is -2.28. The molecule has 0 aliphatic rings. The van der Waals surface area contributed by atoms with Crippen molar-refractivity contribution in [2.75, 3.05) is 18.4 Å². The number of hydrogen-bond acceptors (Lipinski definition) is 4. The number of sulfonamides is 1. The molecule has 0 aliphatic carbocycles. The summed E-state index contributed by atoms with van der Waals surface area (Å²) in [5.41, 5.74) is 2.95. The molecule has 7 nitrogen and oxygen atoms in total. The largest absolute Gasteiger partial charge is 0.352 e. The Kier molecular flexibility index (Phi) is 7.92. The summed E-state index contributed by atoms with van der Waals surface area (Å²) in [6.45, 7) is 6.32. The fourth-order valence-electron chi connectivity index (χ4n) is 2.53. The van der Waals surface area contributed by atoms with Crippen molar-refractivity contribution in [1.82, 2.24) is 10.0 Å². The van der Waals surface area contributed by atoms with E-state index in [9.17, 15) is 18.0 Å². The number of rotatable bonds is 9. The van der Waals surface area contributed by atoms with Crippen LogP contribution in [0.25, 0.3) is 0 Å². The first-order valence-corrected chi connectivity index (χ1v) is 11.0. The lowest BCUT2D eigenvalue weighted by Gasteiger charge is -2.09. The maximum Gasteiger partial charge on any atom is 0.251 e. The number of hydrogen-bond donors (Lipinski definition) is 3. The van der Waals surface area contributed by atoms with Crippen molar-refractivity contribution in [1.29, 1.82) is 0 Å². The highest BCUT2D eigenvalue weighted by Crippen LogP contribution is 2.14. The van der Waals surface area contributed by atoms with Gasteiger partial charge in [0.25, 0.3) is 5.91 Å². The fraction of sp³-hybridized carbons (Fsp3) is 0.333. The third-order valence-corrected chi connectivity index (χ3v) is 5.86. The van der Waals surface area contributed by atoms with Crippen LogP contribution in [0.2, 0.25) is 0 Å². The molecule has 2 rings (SSSR count). The molecule has 0 atom stereocenters. The molecule has 0 radical (unpaired) electrons. The summed E-state index contributed by atoms with van der Waals surface area (Å²) >= 11 is 0. The van der Waals surface area contributed by atoms with Crippen molar-refractivity contribution < 1.29 is 18.0 Å². The van der Waals surface area contributed by atoms with Crippen LogP contribution >= 0.6 is 0 Å². The van der Waals surface area contributed by atoms with Gasteiger partial charge in [-0.3, -0.25) is 9.59 Å². The topological polar surface area (TPSA) is 104 Å². The Labute approximate surface area is 172 Å². The standard InChI is InChI=1S/C21H27N3O4S/c1-4-12-22-21(26)17-6-8-18(9-7-17)24-20(25)11-13-23-29(27,28)19-10-5-15(2)16(3)14-19/h5-10,14,23H,4,11-13H2,1-3H3,(H,22,26)(H,24,25). The number of carbonyl (C=O) groups excluding carboxylic acids is 2. The van der Waals surface area contributed by atoms with Gasteiger partial charge in [-0.25, -0.2) is 13.1 Å². The molecule has 0 bridgehead atoms. The molecule has 2 aromatic carbocycles. The Morgan fingerprint density at radius 1 is 0.931 bits per heavy atom. The normalized spacial score (nSPS) is 11.1. The molecule has 0 fully saturated rings. The maximum atomic E-state index is 12.3. The number of aryl methyl sites for hydroxylation is 2. The Morgan fingerprint density at radius 2 is 1.62 bits per heavy atom. The van der Waals surface area contributed by atoms with E-state index in [2.05, 4.69) is 15.4 Å². The number of carbonyl (C=O) groups is 2. The molecule has 0 spiro atoms. The Balaban J connectivity index is 1.85. The van der Waals surface area contributed by atoms with Crippen molar-refractivity contribution in [3.05, 3.63) is 59.2 Å². The second-order valence-corrected chi connectivity index (χ2v) is 8.54. The minimum absolute atomic E-state index is 0.0111. The van der Waals surface area contributed by atoms with Gasteiger partial charge in [0.2, 0.25) is 15.9 Å². The molecule has 0 saturated carbocycles. The van der Waals surface area contributed by atoms with Crippen molar-refractivity contribution >= 4 is 27.5 Å². The summed E-state index contributed by atoms with van der Waals surface area (Å²) in [7, 11) is -3.67. The van der Waals surface area contributed by atoms with Gasteiger partial charge in [0, 0.05) is 30.8 Å². The molecule has 2 amide bonds. The quantitative estimate of drug-likeness (QED) is 0.583. The first kappa shape index (κ1) is 22.6. The van der Waals surface area contributed by atoms with Crippen LogP contribution in [0.5, 0.6) is 0 Å².